The predicted molar refractivity (Wildman–Crippen MR) is 199 cm³/mol. The molecule has 5 aromatic rings. The van der Waals surface area contributed by atoms with Gasteiger partial charge in [0.2, 0.25) is 11.8 Å². The Bertz CT molecular complexity index is 2050. The second-order valence-electron chi connectivity index (χ2n) is 12.4. The number of carboxylic acid groups (broad SMARTS) is 1. The predicted octanol–water partition coefficient (Wildman–Crippen LogP) is 5.53. The molecular weight excluding hydrogens is 717 g/mol. The molecule has 1 aliphatic heterocycles. The quantitative estimate of drug-likeness (QED) is 0.102. The second kappa shape index (κ2) is 16.7. The monoisotopic (exact) mass is 751 g/mol. The Morgan fingerprint density at radius 1 is 0.778 bits per heavy atom. The van der Waals surface area contributed by atoms with Gasteiger partial charge in [-0.1, -0.05) is 84.9 Å². The van der Waals surface area contributed by atoms with Gasteiger partial charge in [-0.25, -0.2) is 13.6 Å². The number of carbonyl (C=O) groups excluding carboxylic acids is 3. The highest BCUT2D eigenvalue weighted by Crippen LogP contribution is 2.46. The van der Waals surface area contributed by atoms with Crippen LogP contribution in [-0.2, 0) is 24.7 Å². The van der Waals surface area contributed by atoms with E-state index in [1.165, 1.54) is 60.3 Å². The number of carboxylic acids is 1. The van der Waals surface area contributed by atoms with E-state index in [-0.39, 0.29) is 11.7 Å². The number of aliphatic hydroxyl groups excluding tert-OH is 1. The lowest BCUT2D eigenvalue weighted by atomic mass is 9.82. The number of anilines is 1. The highest BCUT2D eigenvalue weighted by atomic mass is 32.2. The van der Waals surface area contributed by atoms with E-state index in [9.17, 15) is 38.2 Å². The maximum Gasteiger partial charge on any atom is 0.338 e. The van der Waals surface area contributed by atoms with Crippen molar-refractivity contribution in [2.24, 2.45) is 0 Å². The zero-order chi connectivity index (χ0) is 38.2. The summed E-state index contributed by atoms with van der Waals surface area (Å²) in [5.41, 5.74) is 0.488. The average Bonchev–Trinajstić information content (AvgIpc) is 3.19. The molecule has 6 rings (SSSR count). The molecular formula is C41H35F2N3O7S. The number of amides is 3. The molecule has 1 aliphatic rings. The summed E-state index contributed by atoms with van der Waals surface area (Å²) in [5, 5.41) is 25.6. The van der Waals surface area contributed by atoms with Crippen molar-refractivity contribution in [3.63, 3.8) is 0 Å². The lowest BCUT2D eigenvalue weighted by molar-refractivity contribution is -0.146. The molecule has 0 spiro atoms. The fourth-order valence-electron chi connectivity index (χ4n) is 6.20. The lowest BCUT2D eigenvalue weighted by Crippen LogP contribution is -2.57. The first-order chi connectivity index (χ1) is 26.1. The zero-order valence-electron chi connectivity index (χ0n) is 28.6. The van der Waals surface area contributed by atoms with Crippen molar-refractivity contribution in [2.75, 3.05) is 23.8 Å². The number of benzene rings is 5. The van der Waals surface area contributed by atoms with E-state index in [4.69, 9.17) is 4.74 Å². The number of aliphatic hydroxyl groups is 1. The number of hydrogen-bond acceptors (Lipinski definition) is 7. The molecule has 3 atom stereocenters. The molecule has 1 heterocycles. The first-order valence-corrected chi connectivity index (χ1v) is 17.9. The van der Waals surface area contributed by atoms with Gasteiger partial charge in [-0.2, -0.15) is 0 Å². The molecule has 5 aromatic carbocycles. The number of nitrogens with zero attached hydrogens (tertiary/aromatic N) is 1. The summed E-state index contributed by atoms with van der Waals surface area (Å²) in [6.45, 7) is -0.961. The fraction of sp³-hybridized carbons (Fsp3) is 0.171. The standard InChI is InChI=1S/C41H35F2N3O7S/c42-30-15-11-26(12-16-30)34(47)25-54-38-37(46(39(38)50)32-19-17-31(43)18-20-32)27-13-21-33(22-14-27)53-24-36(49)44-23-35(48)45-41(40(51)52,28-7-3-1-4-8-28)29-9-5-2-6-10-29/h1-22,34,37-38,47H,23-25H2,(H,44,49)(H,45,48)(H,51,52). The number of thioether (sulfide) groups is 1. The summed E-state index contributed by atoms with van der Waals surface area (Å²) in [6.07, 6.45) is -0.940. The first-order valence-electron chi connectivity index (χ1n) is 16.9. The molecule has 3 unspecified atom stereocenters. The van der Waals surface area contributed by atoms with Crippen LogP contribution in [0.2, 0.25) is 0 Å². The summed E-state index contributed by atoms with van der Waals surface area (Å²) in [4.78, 5) is 53.4. The van der Waals surface area contributed by atoms with Crippen LogP contribution < -0.4 is 20.3 Å². The van der Waals surface area contributed by atoms with Gasteiger partial charge in [0, 0.05) is 11.4 Å². The number of carbonyl (C=O) groups is 4. The highest BCUT2D eigenvalue weighted by Gasteiger charge is 2.49. The van der Waals surface area contributed by atoms with Crippen LogP contribution in [0, 0.1) is 11.6 Å². The van der Waals surface area contributed by atoms with E-state index in [0.29, 0.717) is 28.1 Å². The van der Waals surface area contributed by atoms with Gasteiger partial charge in [0.05, 0.1) is 18.7 Å². The third kappa shape index (κ3) is 8.27. The van der Waals surface area contributed by atoms with Gasteiger partial charge < -0.3 is 30.5 Å². The summed E-state index contributed by atoms with van der Waals surface area (Å²) < 4.78 is 32.7. The SMILES string of the molecule is O=C(COc1ccc(C2C(SCC(O)c3ccc(F)cc3)C(=O)N2c2ccc(F)cc2)cc1)NCC(=O)NC(C(=O)O)(c1ccccc1)c1ccccc1. The molecule has 4 N–H and O–H groups in total. The Hall–Kier alpha value is -6.05. The van der Waals surface area contributed by atoms with Gasteiger partial charge in [0.1, 0.15) is 22.6 Å². The number of rotatable bonds is 15. The lowest BCUT2D eigenvalue weighted by Gasteiger charge is -2.47. The number of hydrogen-bond donors (Lipinski definition) is 4. The number of ether oxygens (including phenoxy) is 1. The number of halogens is 2. The van der Waals surface area contributed by atoms with E-state index in [0.717, 1.165) is 5.56 Å². The molecule has 1 fully saturated rings. The van der Waals surface area contributed by atoms with E-state index in [2.05, 4.69) is 10.6 Å². The van der Waals surface area contributed by atoms with Gasteiger partial charge in [-0.15, -0.1) is 11.8 Å². The summed E-state index contributed by atoms with van der Waals surface area (Å²) in [6, 6.07) is 33.8. The molecule has 1 saturated heterocycles. The van der Waals surface area contributed by atoms with Gasteiger partial charge in [0.15, 0.2) is 12.1 Å². The second-order valence-corrected chi connectivity index (χ2v) is 13.6. The summed E-state index contributed by atoms with van der Waals surface area (Å²) in [7, 11) is 0. The van der Waals surface area contributed by atoms with Crippen molar-refractivity contribution in [2.45, 2.75) is 22.9 Å². The van der Waals surface area contributed by atoms with Crippen molar-refractivity contribution in [3.05, 3.63) is 167 Å². The van der Waals surface area contributed by atoms with E-state index >= 15 is 0 Å². The molecule has 0 aliphatic carbocycles. The molecule has 276 valence electrons. The first kappa shape index (κ1) is 37.7. The maximum atomic E-state index is 13.7. The Morgan fingerprint density at radius 3 is 1.89 bits per heavy atom. The summed E-state index contributed by atoms with van der Waals surface area (Å²) in [5.74, 6) is -3.27. The minimum absolute atomic E-state index is 0.167. The number of β-lactam (4-membered cyclic amide) rings is 1. The summed E-state index contributed by atoms with van der Waals surface area (Å²) >= 11 is 1.25. The van der Waals surface area contributed by atoms with E-state index in [1.54, 1.807) is 89.8 Å². The third-order valence-corrected chi connectivity index (χ3v) is 10.3. The van der Waals surface area contributed by atoms with Gasteiger partial charge in [-0.3, -0.25) is 14.4 Å². The Morgan fingerprint density at radius 2 is 1.33 bits per heavy atom. The van der Waals surface area contributed by atoms with Crippen LogP contribution >= 0.6 is 11.8 Å². The van der Waals surface area contributed by atoms with Gasteiger partial charge >= 0.3 is 5.97 Å². The van der Waals surface area contributed by atoms with Crippen molar-refractivity contribution < 1.29 is 42.9 Å². The van der Waals surface area contributed by atoms with Crippen LogP contribution in [0.5, 0.6) is 5.75 Å². The number of aliphatic carboxylic acids is 1. The van der Waals surface area contributed by atoms with Crippen molar-refractivity contribution in [3.8, 4) is 5.75 Å². The number of nitrogens with one attached hydrogen (secondary N) is 2. The van der Waals surface area contributed by atoms with Crippen molar-refractivity contribution >= 4 is 41.1 Å². The molecule has 0 bridgehead atoms. The smallest absolute Gasteiger partial charge is 0.338 e. The highest BCUT2D eigenvalue weighted by molar-refractivity contribution is 8.00. The van der Waals surface area contributed by atoms with E-state index < -0.39 is 65.5 Å². The minimum Gasteiger partial charge on any atom is -0.484 e. The Kier molecular flexibility index (Phi) is 11.7. The zero-order valence-corrected chi connectivity index (χ0v) is 29.4. The molecule has 13 heteroatoms. The minimum atomic E-state index is -1.90. The topological polar surface area (TPSA) is 145 Å². The Labute approximate surface area is 313 Å². The van der Waals surface area contributed by atoms with Gasteiger partial charge in [0.25, 0.3) is 5.91 Å². The van der Waals surface area contributed by atoms with Crippen molar-refractivity contribution in [1.29, 1.82) is 0 Å². The molecule has 0 radical (unpaired) electrons. The van der Waals surface area contributed by atoms with Gasteiger partial charge in [-0.05, 0) is 70.8 Å². The van der Waals surface area contributed by atoms with E-state index in [1.807, 2.05) is 0 Å². The van der Waals surface area contributed by atoms with Crippen LogP contribution in [0.3, 0.4) is 0 Å². The Balaban J connectivity index is 1.08. The van der Waals surface area contributed by atoms with Crippen LogP contribution in [0.25, 0.3) is 0 Å². The molecule has 10 nitrogen and oxygen atoms in total. The molecule has 0 saturated carbocycles. The fourth-order valence-corrected chi connectivity index (χ4v) is 7.49. The van der Waals surface area contributed by atoms with Crippen LogP contribution in [-0.4, -0.2) is 58.1 Å². The molecule has 3 amide bonds. The van der Waals surface area contributed by atoms with Crippen LogP contribution in [0.4, 0.5) is 14.5 Å². The molecule has 54 heavy (non-hydrogen) atoms. The molecule has 0 aromatic heterocycles. The van der Waals surface area contributed by atoms with Crippen LogP contribution in [0.15, 0.2) is 133 Å². The third-order valence-electron chi connectivity index (χ3n) is 8.94. The largest absolute Gasteiger partial charge is 0.484 e. The van der Waals surface area contributed by atoms with Crippen LogP contribution in [0.1, 0.15) is 34.4 Å². The normalized spacial score (nSPS) is 15.8. The maximum absolute atomic E-state index is 13.7. The average molecular weight is 752 g/mol. The van der Waals surface area contributed by atoms with Crippen molar-refractivity contribution in [1.82, 2.24) is 10.6 Å².